The Hall–Kier alpha value is -1.88. The van der Waals surface area contributed by atoms with E-state index in [0.29, 0.717) is 19.3 Å². The topological polar surface area (TPSA) is 77.8 Å². The van der Waals surface area contributed by atoms with Crippen LogP contribution in [0.1, 0.15) is 80.1 Å². The van der Waals surface area contributed by atoms with E-state index in [4.69, 9.17) is 16.7 Å². The zero-order chi connectivity index (χ0) is 22.9. The van der Waals surface area contributed by atoms with Crippen LogP contribution in [0.2, 0.25) is 0 Å². The zero-order valence-corrected chi connectivity index (χ0v) is 19.3. The third kappa shape index (κ3) is 7.06. The first-order valence-electron chi connectivity index (χ1n) is 11.8. The number of carboxylic acids is 1. The van der Waals surface area contributed by atoms with Gasteiger partial charge in [0.15, 0.2) is 0 Å². The van der Waals surface area contributed by atoms with Gasteiger partial charge in [0.1, 0.15) is 0 Å². The van der Waals surface area contributed by atoms with Crippen molar-refractivity contribution in [1.82, 2.24) is 0 Å². The molecule has 0 saturated heterocycles. The predicted octanol–water partition coefficient (Wildman–Crippen LogP) is 5.85. The highest BCUT2D eigenvalue weighted by atomic mass is 35.5. The summed E-state index contributed by atoms with van der Waals surface area (Å²) in [6.45, 7) is 0. The van der Waals surface area contributed by atoms with Gasteiger partial charge in [0, 0.05) is 17.7 Å². The molecule has 0 bridgehead atoms. The number of unbranched alkanes of at least 4 members (excludes halogenated alkanes) is 3. The maximum atomic E-state index is 10.7. The molecule has 0 aromatic heterocycles. The Morgan fingerprint density at radius 1 is 1.00 bits per heavy atom. The number of hydrogen-bond acceptors (Lipinski definition) is 3. The summed E-state index contributed by atoms with van der Waals surface area (Å²) >= 11 is 6.60. The van der Waals surface area contributed by atoms with Gasteiger partial charge in [0.25, 0.3) is 0 Å². The van der Waals surface area contributed by atoms with Crippen molar-refractivity contribution in [2.45, 2.75) is 81.3 Å². The number of aliphatic carboxylic acids is 1. The zero-order valence-electron chi connectivity index (χ0n) is 18.6. The van der Waals surface area contributed by atoms with Crippen LogP contribution in [0.25, 0.3) is 0 Å². The number of aliphatic hydroxyl groups is 2. The maximum absolute atomic E-state index is 10.7. The van der Waals surface area contributed by atoms with Crippen LogP contribution in [0.3, 0.4) is 0 Å². The minimum absolute atomic E-state index is 0.00651. The monoisotopic (exact) mass is 458 g/mol. The molecule has 174 valence electrons. The lowest BCUT2D eigenvalue weighted by Gasteiger charge is -2.24. The first-order valence-corrected chi connectivity index (χ1v) is 12.2. The highest BCUT2D eigenvalue weighted by Crippen LogP contribution is 2.45. The highest BCUT2D eigenvalue weighted by molar-refractivity contribution is 6.21. The van der Waals surface area contributed by atoms with Crippen LogP contribution in [0.15, 0.2) is 54.6 Å². The van der Waals surface area contributed by atoms with Crippen LogP contribution >= 0.6 is 11.6 Å². The molecule has 0 heterocycles. The number of aliphatic hydroxyl groups excluding tert-OH is 2. The second kappa shape index (κ2) is 12.4. The van der Waals surface area contributed by atoms with Crippen LogP contribution < -0.4 is 0 Å². The maximum Gasteiger partial charge on any atom is 0.303 e. The Morgan fingerprint density at radius 2 is 1.69 bits per heavy atom. The molecule has 0 aliphatic heterocycles. The largest absolute Gasteiger partial charge is 0.481 e. The minimum Gasteiger partial charge on any atom is -0.481 e. The van der Waals surface area contributed by atoms with Crippen LogP contribution in [-0.4, -0.2) is 32.8 Å². The Morgan fingerprint density at radius 3 is 2.38 bits per heavy atom. The van der Waals surface area contributed by atoms with Gasteiger partial charge in [-0.1, -0.05) is 73.9 Å². The van der Waals surface area contributed by atoms with Crippen LogP contribution in [0, 0.1) is 5.92 Å². The fraction of sp³-hybridized carbons (Fsp3) is 0.519. The van der Waals surface area contributed by atoms with Crippen LogP contribution in [-0.2, 0) is 11.2 Å². The number of carboxylic acid groups (broad SMARTS) is 1. The van der Waals surface area contributed by atoms with Crippen LogP contribution in [0.4, 0.5) is 0 Å². The average Bonchev–Trinajstić information content (AvgIpc) is 3.07. The molecule has 5 atom stereocenters. The van der Waals surface area contributed by atoms with Crippen molar-refractivity contribution in [3.63, 3.8) is 0 Å². The van der Waals surface area contributed by atoms with Gasteiger partial charge >= 0.3 is 5.97 Å². The van der Waals surface area contributed by atoms with Crippen molar-refractivity contribution >= 4 is 17.6 Å². The summed E-state index contributed by atoms with van der Waals surface area (Å²) in [4.78, 5) is 10.6. The first-order chi connectivity index (χ1) is 15.5. The summed E-state index contributed by atoms with van der Waals surface area (Å²) in [5.74, 6) is -0.523. The van der Waals surface area contributed by atoms with E-state index in [2.05, 4.69) is 12.1 Å². The first kappa shape index (κ1) is 24.8. The van der Waals surface area contributed by atoms with Crippen molar-refractivity contribution in [3.8, 4) is 0 Å². The molecule has 2 aromatic rings. The summed E-state index contributed by atoms with van der Waals surface area (Å²) in [5, 5.41) is 30.0. The molecule has 1 aliphatic carbocycles. The Balaban J connectivity index is 1.54. The van der Waals surface area contributed by atoms with Gasteiger partial charge in [-0.05, 0) is 54.7 Å². The standard InChI is InChI=1S/C27H35ClO4/c28-23-18-25(30)27(22(23)10-6-1-2-7-11-26(31)32)21-15-13-20(14-16-21)24(29)17-12-19-8-4-3-5-9-19/h3-5,8-9,13-16,22-25,27,29-30H,1-2,6-7,10-12,17-18H2,(H,31,32)/t22-,23-,24?,25+,27+/m0/s1. The van der Waals surface area contributed by atoms with Crippen molar-refractivity contribution in [1.29, 1.82) is 0 Å². The molecular weight excluding hydrogens is 424 g/mol. The normalized spacial score (nSPS) is 23.8. The van der Waals surface area contributed by atoms with Crippen molar-refractivity contribution in [2.24, 2.45) is 5.92 Å². The number of alkyl halides is 1. The van der Waals surface area contributed by atoms with E-state index in [1.165, 1.54) is 5.56 Å². The molecule has 32 heavy (non-hydrogen) atoms. The van der Waals surface area contributed by atoms with E-state index >= 15 is 0 Å². The molecule has 4 nitrogen and oxygen atoms in total. The Bertz CT molecular complexity index is 823. The van der Waals surface area contributed by atoms with E-state index in [0.717, 1.165) is 43.2 Å². The quantitative estimate of drug-likeness (QED) is 0.275. The average molecular weight is 459 g/mol. The molecule has 3 N–H and O–H groups in total. The minimum atomic E-state index is -0.738. The summed E-state index contributed by atoms with van der Waals surface area (Å²) in [5.41, 5.74) is 3.20. The van der Waals surface area contributed by atoms with Crippen molar-refractivity contribution in [3.05, 3.63) is 71.3 Å². The van der Waals surface area contributed by atoms with Gasteiger partial charge in [-0.3, -0.25) is 4.79 Å². The molecule has 1 fully saturated rings. The van der Waals surface area contributed by atoms with Gasteiger partial charge in [-0.2, -0.15) is 0 Å². The van der Waals surface area contributed by atoms with Crippen molar-refractivity contribution in [2.75, 3.05) is 0 Å². The van der Waals surface area contributed by atoms with Gasteiger partial charge in [-0.25, -0.2) is 0 Å². The van der Waals surface area contributed by atoms with E-state index in [1.54, 1.807) is 0 Å². The van der Waals surface area contributed by atoms with E-state index < -0.39 is 18.2 Å². The summed E-state index contributed by atoms with van der Waals surface area (Å²) in [6, 6.07) is 18.2. The predicted molar refractivity (Wildman–Crippen MR) is 128 cm³/mol. The second-order valence-corrected chi connectivity index (χ2v) is 9.62. The van der Waals surface area contributed by atoms with Crippen molar-refractivity contribution < 1.29 is 20.1 Å². The molecule has 0 radical (unpaired) electrons. The smallest absolute Gasteiger partial charge is 0.303 e. The fourth-order valence-corrected chi connectivity index (χ4v) is 5.42. The van der Waals surface area contributed by atoms with Gasteiger partial charge in [0.05, 0.1) is 12.2 Å². The SMILES string of the molecule is O=C(O)CCCCCC[C@@H]1[C@@H](c2ccc(C(O)CCc3ccccc3)cc2)[C@H](O)C[C@@H]1Cl. The molecule has 3 rings (SSSR count). The summed E-state index contributed by atoms with van der Waals surface area (Å²) in [6.07, 6.45) is 5.89. The molecular formula is C27H35ClO4. The second-order valence-electron chi connectivity index (χ2n) is 9.06. The number of carbonyl (C=O) groups is 1. The third-order valence-corrected chi connectivity index (χ3v) is 7.24. The lowest BCUT2D eigenvalue weighted by molar-refractivity contribution is -0.137. The lowest BCUT2D eigenvalue weighted by Crippen LogP contribution is -2.19. The van der Waals surface area contributed by atoms with Gasteiger partial charge < -0.3 is 15.3 Å². The van der Waals surface area contributed by atoms with E-state index in [9.17, 15) is 15.0 Å². The Labute approximate surface area is 196 Å². The lowest BCUT2D eigenvalue weighted by atomic mass is 9.83. The molecule has 2 aromatic carbocycles. The molecule has 5 heteroatoms. The van der Waals surface area contributed by atoms with Crippen LogP contribution in [0.5, 0.6) is 0 Å². The summed E-state index contributed by atoms with van der Waals surface area (Å²) in [7, 11) is 0. The number of halogens is 1. The molecule has 1 saturated carbocycles. The van der Waals surface area contributed by atoms with E-state index in [-0.39, 0.29) is 23.6 Å². The molecule has 0 amide bonds. The number of aryl methyl sites for hydroxylation is 1. The molecule has 1 aliphatic rings. The van der Waals surface area contributed by atoms with Gasteiger partial charge in [-0.15, -0.1) is 11.6 Å². The number of benzene rings is 2. The summed E-state index contributed by atoms with van der Waals surface area (Å²) < 4.78 is 0. The molecule has 0 spiro atoms. The number of hydrogen-bond donors (Lipinski definition) is 3. The van der Waals surface area contributed by atoms with Gasteiger partial charge in [0.2, 0.25) is 0 Å². The highest BCUT2D eigenvalue weighted by Gasteiger charge is 2.41. The third-order valence-electron chi connectivity index (χ3n) is 6.74. The number of rotatable bonds is 12. The Kier molecular flexibility index (Phi) is 9.58. The molecule has 1 unspecified atom stereocenters. The van der Waals surface area contributed by atoms with E-state index in [1.807, 2.05) is 42.5 Å². The fourth-order valence-electron chi connectivity index (χ4n) is 4.96.